The summed E-state index contributed by atoms with van der Waals surface area (Å²) in [5.74, 6) is -0.0603. The van der Waals surface area contributed by atoms with Gasteiger partial charge in [0.25, 0.3) is 0 Å². The van der Waals surface area contributed by atoms with Crippen molar-refractivity contribution in [3.63, 3.8) is 0 Å². The van der Waals surface area contributed by atoms with Gasteiger partial charge in [0, 0.05) is 17.3 Å². The minimum Gasteiger partial charge on any atom is -0.383 e. The highest BCUT2D eigenvalue weighted by molar-refractivity contribution is 5.66. The summed E-state index contributed by atoms with van der Waals surface area (Å²) in [6.07, 6.45) is 3.97. The summed E-state index contributed by atoms with van der Waals surface area (Å²) < 4.78 is 13.4. The lowest BCUT2D eigenvalue weighted by molar-refractivity contribution is 0.624. The third-order valence-electron chi connectivity index (χ3n) is 2.15. The van der Waals surface area contributed by atoms with Crippen molar-refractivity contribution in [1.29, 1.82) is 0 Å². The Morgan fingerprint density at radius 3 is 2.87 bits per heavy atom. The first-order valence-corrected chi connectivity index (χ1v) is 4.37. The summed E-state index contributed by atoms with van der Waals surface area (Å²) in [7, 11) is 0. The van der Waals surface area contributed by atoms with Gasteiger partial charge in [-0.1, -0.05) is 0 Å². The van der Waals surface area contributed by atoms with E-state index in [1.165, 1.54) is 12.5 Å². The van der Waals surface area contributed by atoms with Crippen LogP contribution in [0.25, 0.3) is 11.3 Å². The van der Waals surface area contributed by atoms with E-state index in [2.05, 4.69) is 15.0 Å². The Kier molecular flexibility index (Phi) is 2.29. The van der Waals surface area contributed by atoms with E-state index in [-0.39, 0.29) is 0 Å². The maximum atomic E-state index is 13.4. The molecule has 2 aromatic rings. The van der Waals surface area contributed by atoms with Gasteiger partial charge >= 0.3 is 0 Å². The summed E-state index contributed by atoms with van der Waals surface area (Å²) in [6, 6.07) is 1.56. The number of nitrogen functional groups attached to an aromatic ring is 1. The van der Waals surface area contributed by atoms with Crippen molar-refractivity contribution in [2.24, 2.45) is 0 Å². The van der Waals surface area contributed by atoms with Gasteiger partial charge in [-0.15, -0.1) is 0 Å². The van der Waals surface area contributed by atoms with Crippen LogP contribution in [0.15, 0.2) is 24.8 Å². The van der Waals surface area contributed by atoms with Crippen LogP contribution in [0.5, 0.6) is 0 Å². The number of halogens is 1. The summed E-state index contributed by atoms with van der Waals surface area (Å²) in [5.41, 5.74) is 7.18. The van der Waals surface area contributed by atoms with Gasteiger partial charge < -0.3 is 5.73 Å². The van der Waals surface area contributed by atoms with Crippen LogP contribution in [0.1, 0.15) is 5.56 Å². The molecule has 4 nitrogen and oxygen atoms in total. The quantitative estimate of drug-likeness (QED) is 0.765. The molecule has 2 aromatic heterocycles. The molecule has 0 aliphatic heterocycles. The number of anilines is 1. The van der Waals surface area contributed by atoms with Crippen molar-refractivity contribution >= 4 is 5.82 Å². The SMILES string of the molecule is Cc1c(N)ncnc1-c1ccncc1F. The Bertz CT molecular complexity index is 499. The Morgan fingerprint density at radius 2 is 2.13 bits per heavy atom. The van der Waals surface area contributed by atoms with E-state index in [1.807, 2.05) is 0 Å². The van der Waals surface area contributed by atoms with Gasteiger partial charge in [0.05, 0.1) is 11.9 Å². The average Bonchev–Trinajstić information content (AvgIpc) is 2.23. The predicted octanol–water partition coefficient (Wildman–Crippen LogP) is 1.57. The lowest BCUT2D eigenvalue weighted by atomic mass is 10.1. The molecule has 5 heteroatoms. The lowest BCUT2D eigenvalue weighted by Gasteiger charge is -2.06. The number of hydrogen-bond acceptors (Lipinski definition) is 4. The molecule has 0 radical (unpaired) electrons. The fourth-order valence-electron chi connectivity index (χ4n) is 1.30. The monoisotopic (exact) mass is 204 g/mol. The third kappa shape index (κ3) is 1.63. The zero-order valence-electron chi connectivity index (χ0n) is 8.11. The number of aromatic nitrogens is 3. The summed E-state index contributed by atoms with van der Waals surface area (Å²) in [4.78, 5) is 11.5. The molecule has 0 amide bonds. The molecule has 0 aliphatic rings. The second kappa shape index (κ2) is 3.61. The number of rotatable bonds is 1. The minimum atomic E-state index is -0.418. The molecule has 76 valence electrons. The van der Waals surface area contributed by atoms with Gasteiger partial charge in [-0.05, 0) is 13.0 Å². The average molecular weight is 204 g/mol. The molecule has 0 aliphatic carbocycles. The minimum absolute atomic E-state index is 0.358. The van der Waals surface area contributed by atoms with Crippen LogP contribution in [0.4, 0.5) is 10.2 Å². The normalized spacial score (nSPS) is 10.3. The molecule has 0 fully saturated rings. The van der Waals surface area contributed by atoms with Gasteiger partial charge in [0.1, 0.15) is 12.1 Å². The largest absolute Gasteiger partial charge is 0.383 e. The first kappa shape index (κ1) is 9.51. The van der Waals surface area contributed by atoms with Crippen molar-refractivity contribution in [1.82, 2.24) is 15.0 Å². The molecule has 2 N–H and O–H groups in total. The smallest absolute Gasteiger partial charge is 0.150 e. The Labute approximate surface area is 86.0 Å². The fraction of sp³-hybridized carbons (Fsp3) is 0.100. The van der Waals surface area contributed by atoms with E-state index in [0.29, 0.717) is 22.6 Å². The lowest BCUT2D eigenvalue weighted by Crippen LogP contribution is -1.99. The van der Waals surface area contributed by atoms with Gasteiger partial charge in [-0.25, -0.2) is 14.4 Å². The fourth-order valence-corrected chi connectivity index (χ4v) is 1.30. The summed E-state index contributed by atoms with van der Waals surface area (Å²) in [6.45, 7) is 1.75. The first-order chi connectivity index (χ1) is 7.20. The van der Waals surface area contributed by atoms with Crippen LogP contribution in [0.3, 0.4) is 0 Å². The Balaban J connectivity index is 2.65. The second-order valence-electron chi connectivity index (χ2n) is 3.09. The molecule has 2 heterocycles. The van der Waals surface area contributed by atoms with E-state index in [4.69, 9.17) is 5.73 Å². The van der Waals surface area contributed by atoms with Gasteiger partial charge in [0.2, 0.25) is 0 Å². The zero-order valence-corrected chi connectivity index (χ0v) is 8.11. The predicted molar refractivity (Wildman–Crippen MR) is 54.4 cm³/mol. The second-order valence-corrected chi connectivity index (χ2v) is 3.09. The highest BCUT2D eigenvalue weighted by Crippen LogP contribution is 2.24. The van der Waals surface area contributed by atoms with Crippen LogP contribution >= 0.6 is 0 Å². The van der Waals surface area contributed by atoms with E-state index >= 15 is 0 Å². The van der Waals surface area contributed by atoms with Crippen LogP contribution in [0, 0.1) is 12.7 Å². The van der Waals surface area contributed by atoms with Crippen LogP contribution in [0.2, 0.25) is 0 Å². The molecule has 0 atom stereocenters. The molecule has 0 saturated carbocycles. The first-order valence-electron chi connectivity index (χ1n) is 4.37. The van der Waals surface area contributed by atoms with Gasteiger partial charge in [-0.3, -0.25) is 4.98 Å². The molecule has 15 heavy (non-hydrogen) atoms. The highest BCUT2D eigenvalue weighted by Gasteiger charge is 2.10. The van der Waals surface area contributed by atoms with Crippen molar-refractivity contribution in [3.8, 4) is 11.3 Å². The summed E-state index contributed by atoms with van der Waals surface area (Å²) >= 11 is 0. The molecular weight excluding hydrogens is 195 g/mol. The van der Waals surface area contributed by atoms with Crippen molar-refractivity contribution in [2.45, 2.75) is 6.92 Å². The molecular formula is C10H9FN4. The molecule has 0 aromatic carbocycles. The van der Waals surface area contributed by atoms with E-state index in [0.717, 1.165) is 6.20 Å². The highest BCUT2D eigenvalue weighted by atomic mass is 19.1. The molecule has 0 saturated heterocycles. The van der Waals surface area contributed by atoms with Crippen LogP contribution in [-0.2, 0) is 0 Å². The van der Waals surface area contributed by atoms with Crippen LogP contribution < -0.4 is 5.73 Å². The topological polar surface area (TPSA) is 64.7 Å². The van der Waals surface area contributed by atoms with Gasteiger partial charge in [-0.2, -0.15) is 0 Å². The number of nitrogens with zero attached hydrogens (tertiary/aromatic N) is 3. The van der Waals surface area contributed by atoms with Gasteiger partial charge in [0.15, 0.2) is 5.82 Å². The Morgan fingerprint density at radius 1 is 1.33 bits per heavy atom. The van der Waals surface area contributed by atoms with E-state index in [9.17, 15) is 4.39 Å². The third-order valence-corrected chi connectivity index (χ3v) is 2.15. The van der Waals surface area contributed by atoms with Crippen molar-refractivity contribution < 1.29 is 4.39 Å². The molecule has 0 bridgehead atoms. The standard InChI is InChI=1S/C10H9FN4/c1-6-9(14-5-15-10(6)12)7-2-3-13-4-8(7)11/h2-5H,1H3,(H2,12,14,15). The molecule has 0 unspecified atom stereocenters. The van der Waals surface area contributed by atoms with E-state index in [1.54, 1.807) is 13.0 Å². The maximum Gasteiger partial charge on any atom is 0.150 e. The zero-order chi connectivity index (χ0) is 10.8. The van der Waals surface area contributed by atoms with E-state index < -0.39 is 5.82 Å². The number of pyridine rings is 1. The van der Waals surface area contributed by atoms with Crippen molar-refractivity contribution in [3.05, 3.63) is 36.2 Å². The maximum absolute atomic E-state index is 13.4. The van der Waals surface area contributed by atoms with Crippen molar-refractivity contribution in [2.75, 3.05) is 5.73 Å². The summed E-state index contributed by atoms with van der Waals surface area (Å²) in [5, 5.41) is 0. The molecule has 0 spiro atoms. The molecule has 2 rings (SSSR count). The Hall–Kier alpha value is -2.04. The number of hydrogen-bond donors (Lipinski definition) is 1. The van der Waals surface area contributed by atoms with Crippen LogP contribution in [-0.4, -0.2) is 15.0 Å². The number of nitrogens with two attached hydrogens (primary N) is 1.